The van der Waals surface area contributed by atoms with Crippen LogP contribution in [-0.2, 0) is 0 Å². The zero-order valence-electron chi connectivity index (χ0n) is 8.62. The predicted octanol–water partition coefficient (Wildman–Crippen LogP) is 1.42. The quantitative estimate of drug-likeness (QED) is 0.778. The largest absolute Gasteiger partial charge is 0.503 e. The summed E-state index contributed by atoms with van der Waals surface area (Å²) in [6.07, 6.45) is -0.666. The zero-order valence-corrected chi connectivity index (χ0v) is 10.2. The maximum absolute atomic E-state index is 9.74. The van der Waals surface area contributed by atoms with Gasteiger partial charge in [0.05, 0.1) is 17.7 Å². The van der Waals surface area contributed by atoms with E-state index in [1.807, 2.05) is 0 Å². The van der Waals surface area contributed by atoms with E-state index in [-0.39, 0.29) is 5.75 Å². The summed E-state index contributed by atoms with van der Waals surface area (Å²) in [5.74, 6) is 0.382. The van der Waals surface area contributed by atoms with Crippen LogP contribution in [0.15, 0.2) is 16.6 Å². The van der Waals surface area contributed by atoms with Crippen LogP contribution in [0.5, 0.6) is 11.5 Å². The molecule has 84 valence electrons. The van der Waals surface area contributed by atoms with Gasteiger partial charge >= 0.3 is 0 Å². The molecule has 0 fully saturated rings. The molecule has 3 N–H and O–H groups in total. The standard InChI is InChI=1S/C10H14BrNO3/c1-12-5-7(13)6-3-4-8(15-2)10(14)9(6)11/h3-4,7,12-14H,5H2,1-2H3. The van der Waals surface area contributed by atoms with Crippen molar-refractivity contribution in [1.82, 2.24) is 5.32 Å². The maximum atomic E-state index is 9.74. The molecule has 4 nitrogen and oxygen atoms in total. The predicted molar refractivity (Wildman–Crippen MR) is 61.2 cm³/mol. The van der Waals surface area contributed by atoms with Gasteiger partial charge in [0.1, 0.15) is 0 Å². The van der Waals surface area contributed by atoms with Gasteiger partial charge in [-0.05, 0) is 34.6 Å². The molecule has 15 heavy (non-hydrogen) atoms. The number of aliphatic hydroxyl groups excluding tert-OH is 1. The summed E-state index contributed by atoms with van der Waals surface area (Å²) in [5.41, 5.74) is 0.627. The van der Waals surface area contributed by atoms with Crippen molar-refractivity contribution < 1.29 is 14.9 Å². The Morgan fingerprint density at radius 3 is 2.73 bits per heavy atom. The number of hydrogen-bond donors (Lipinski definition) is 3. The molecule has 0 aliphatic heterocycles. The highest BCUT2D eigenvalue weighted by Crippen LogP contribution is 2.38. The molecule has 0 aromatic heterocycles. The average molecular weight is 276 g/mol. The summed E-state index contributed by atoms with van der Waals surface area (Å²) in [6.45, 7) is 0.421. The highest BCUT2D eigenvalue weighted by Gasteiger charge is 2.16. The second-order valence-electron chi connectivity index (χ2n) is 3.09. The van der Waals surface area contributed by atoms with Crippen LogP contribution in [0.25, 0.3) is 0 Å². The van der Waals surface area contributed by atoms with Gasteiger partial charge in [-0.15, -0.1) is 0 Å². The molecule has 1 rings (SSSR count). The minimum atomic E-state index is -0.666. The summed E-state index contributed by atoms with van der Waals surface area (Å²) in [7, 11) is 3.23. The minimum Gasteiger partial charge on any atom is -0.503 e. The van der Waals surface area contributed by atoms with E-state index in [4.69, 9.17) is 4.74 Å². The van der Waals surface area contributed by atoms with Gasteiger partial charge in [0.2, 0.25) is 0 Å². The molecule has 1 unspecified atom stereocenters. The Kier molecular flexibility index (Phi) is 4.38. The average Bonchev–Trinajstić information content (AvgIpc) is 2.22. The third-order valence-electron chi connectivity index (χ3n) is 2.09. The highest BCUT2D eigenvalue weighted by atomic mass is 79.9. The summed E-state index contributed by atoms with van der Waals surface area (Å²) >= 11 is 3.22. The van der Waals surface area contributed by atoms with Crippen LogP contribution in [0.1, 0.15) is 11.7 Å². The summed E-state index contributed by atoms with van der Waals surface area (Å²) in [6, 6.07) is 3.33. The van der Waals surface area contributed by atoms with Crippen molar-refractivity contribution in [2.24, 2.45) is 0 Å². The van der Waals surface area contributed by atoms with E-state index in [9.17, 15) is 10.2 Å². The second kappa shape index (κ2) is 5.34. The van der Waals surface area contributed by atoms with E-state index in [0.717, 1.165) is 0 Å². The van der Waals surface area contributed by atoms with Crippen molar-refractivity contribution in [3.8, 4) is 11.5 Å². The van der Waals surface area contributed by atoms with Crippen LogP contribution < -0.4 is 10.1 Å². The van der Waals surface area contributed by atoms with E-state index >= 15 is 0 Å². The van der Waals surface area contributed by atoms with Gasteiger partial charge < -0.3 is 20.3 Å². The lowest BCUT2D eigenvalue weighted by atomic mass is 10.1. The first-order chi connectivity index (χ1) is 7.11. The van der Waals surface area contributed by atoms with E-state index in [0.29, 0.717) is 22.3 Å². The fourth-order valence-electron chi connectivity index (χ4n) is 1.29. The molecule has 1 aromatic rings. The van der Waals surface area contributed by atoms with Gasteiger partial charge in [-0.2, -0.15) is 0 Å². The first-order valence-corrected chi connectivity index (χ1v) is 5.29. The molecule has 0 heterocycles. The van der Waals surface area contributed by atoms with Crippen LogP contribution in [0.3, 0.4) is 0 Å². The van der Waals surface area contributed by atoms with E-state index in [2.05, 4.69) is 21.2 Å². The number of aromatic hydroxyl groups is 1. The van der Waals surface area contributed by atoms with E-state index < -0.39 is 6.10 Å². The van der Waals surface area contributed by atoms with Crippen molar-refractivity contribution >= 4 is 15.9 Å². The molecule has 0 spiro atoms. The Morgan fingerprint density at radius 1 is 1.53 bits per heavy atom. The summed E-state index contributed by atoms with van der Waals surface area (Å²) < 4.78 is 5.41. The molecule has 1 aromatic carbocycles. The van der Waals surface area contributed by atoms with Gasteiger partial charge in [0, 0.05) is 6.54 Å². The molecular formula is C10H14BrNO3. The number of methoxy groups -OCH3 is 1. The number of ether oxygens (including phenoxy) is 1. The smallest absolute Gasteiger partial charge is 0.172 e. The molecule has 0 amide bonds. The van der Waals surface area contributed by atoms with Crippen molar-refractivity contribution in [1.29, 1.82) is 0 Å². The van der Waals surface area contributed by atoms with Gasteiger partial charge in [-0.1, -0.05) is 6.07 Å². The first-order valence-electron chi connectivity index (χ1n) is 4.49. The van der Waals surface area contributed by atoms with Crippen molar-refractivity contribution in [2.45, 2.75) is 6.10 Å². The van der Waals surface area contributed by atoms with Gasteiger partial charge in [0.15, 0.2) is 11.5 Å². The fourth-order valence-corrected chi connectivity index (χ4v) is 1.88. The van der Waals surface area contributed by atoms with Gasteiger partial charge in [-0.25, -0.2) is 0 Å². The van der Waals surface area contributed by atoms with Crippen molar-refractivity contribution in [2.75, 3.05) is 20.7 Å². The molecule has 0 bridgehead atoms. The Bertz CT molecular complexity index is 344. The number of likely N-dealkylation sites (N-methyl/N-ethyl adjacent to an activating group) is 1. The third kappa shape index (κ3) is 2.62. The van der Waals surface area contributed by atoms with Crippen LogP contribution in [0.2, 0.25) is 0 Å². The topological polar surface area (TPSA) is 61.7 Å². The summed E-state index contributed by atoms with van der Waals surface area (Å²) in [5, 5.41) is 22.3. The third-order valence-corrected chi connectivity index (χ3v) is 2.92. The monoisotopic (exact) mass is 275 g/mol. The molecule has 0 saturated carbocycles. The second-order valence-corrected chi connectivity index (χ2v) is 3.89. The molecule has 5 heteroatoms. The number of benzene rings is 1. The highest BCUT2D eigenvalue weighted by molar-refractivity contribution is 9.10. The van der Waals surface area contributed by atoms with Crippen LogP contribution >= 0.6 is 15.9 Å². The van der Waals surface area contributed by atoms with Crippen LogP contribution in [-0.4, -0.2) is 30.9 Å². The fraction of sp³-hybridized carbons (Fsp3) is 0.400. The Hall–Kier alpha value is -0.780. The lowest BCUT2D eigenvalue weighted by Gasteiger charge is -2.14. The Labute approximate surface area is 97.0 Å². The van der Waals surface area contributed by atoms with Gasteiger partial charge in [0.25, 0.3) is 0 Å². The molecule has 1 atom stereocenters. The number of nitrogens with one attached hydrogen (secondary N) is 1. The molecule has 0 aliphatic rings. The van der Waals surface area contributed by atoms with Crippen molar-refractivity contribution in [3.63, 3.8) is 0 Å². The SMILES string of the molecule is CNCC(O)c1ccc(OC)c(O)c1Br. The minimum absolute atomic E-state index is 0.00477. The van der Waals surface area contributed by atoms with Crippen LogP contribution in [0, 0.1) is 0 Å². The number of phenolic OH excluding ortho intramolecular Hbond substituents is 1. The lowest BCUT2D eigenvalue weighted by molar-refractivity contribution is 0.176. The lowest BCUT2D eigenvalue weighted by Crippen LogP contribution is -2.17. The number of rotatable bonds is 4. The van der Waals surface area contributed by atoms with E-state index in [1.165, 1.54) is 7.11 Å². The number of hydrogen-bond acceptors (Lipinski definition) is 4. The number of aliphatic hydroxyl groups is 1. The Balaban J connectivity index is 3.06. The first kappa shape index (κ1) is 12.3. The number of phenols is 1. The zero-order chi connectivity index (χ0) is 11.4. The maximum Gasteiger partial charge on any atom is 0.172 e. The van der Waals surface area contributed by atoms with Crippen molar-refractivity contribution in [3.05, 3.63) is 22.2 Å². The molecular weight excluding hydrogens is 262 g/mol. The molecule has 0 radical (unpaired) electrons. The summed E-state index contributed by atoms with van der Waals surface area (Å²) in [4.78, 5) is 0. The molecule has 0 saturated heterocycles. The van der Waals surface area contributed by atoms with E-state index in [1.54, 1.807) is 19.2 Å². The van der Waals surface area contributed by atoms with Crippen LogP contribution in [0.4, 0.5) is 0 Å². The molecule has 0 aliphatic carbocycles. The normalized spacial score (nSPS) is 12.5. The Morgan fingerprint density at radius 2 is 2.20 bits per heavy atom. The van der Waals surface area contributed by atoms with Gasteiger partial charge in [-0.3, -0.25) is 0 Å². The number of halogens is 1.